The van der Waals surface area contributed by atoms with E-state index in [2.05, 4.69) is 32.1 Å². The Hall–Kier alpha value is -4.55. The first-order valence-corrected chi connectivity index (χ1v) is 20.2. The number of ether oxygens (including phenoxy) is 5. The van der Waals surface area contributed by atoms with Crippen molar-refractivity contribution in [3.05, 3.63) is 24.3 Å². The van der Waals surface area contributed by atoms with Crippen LogP contribution >= 0.6 is 0 Å². The SMILES string of the molecule is CC[C@H]1OC(=O)[C@@](C)(F)C(=O)[C@H](C)[C@@H](O[C@@H]2OC(C)CC(N(C)C)C2O)[C@](C)(OC)C[C@@H](C)C(=O)[C@H](C)[C@H]2N(CC#CCn3cc(-c4cc(F)nc(F)n4)nn3)C(=O)O[C@]12C. The van der Waals surface area contributed by atoms with Gasteiger partial charge in [0.2, 0.25) is 5.95 Å². The molecule has 2 aromatic heterocycles. The van der Waals surface area contributed by atoms with Crippen molar-refractivity contribution in [1.29, 1.82) is 0 Å². The van der Waals surface area contributed by atoms with Crippen LogP contribution in [0.3, 0.4) is 0 Å². The Labute approximate surface area is 353 Å². The number of hydrogen-bond donors (Lipinski definition) is 1. The molecule has 0 aromatic carbocycles. The molecule has 3 fully saturated rings. The summed E-state index contributed by atoms with van der Waals surface area (Å²) in [7, 11) is 4.94. The number of hydrogen-bond acceptors (Lipinski definition) is 15. The third-order valence-corrected chi connectivity index (χ3v) is 12.3. The van der Waals surface area contributed by atoms with Crippen molar-refractivity contribution in [3.8, 4) is 23.2 Å². The van der Waals surface area contributed by atoms with Crippen LogP contribution in [-0.4, -0.2) is 151 Å². The maximum atomic E-state index is 16.9. The molecular formula is C41H56F3N7O10. The molecule has 3 saturated heterocycles. The molecule has 0 aliphatic carbocycles. The van der Waals surface area contributed by atoms with Gasteiger partial charge in [0.15, 0.2) is 17.7 Å². The molecule has 5 rings (SSSR count). The number of aromatic nitrogens is 5. The average molecular weight is 864 g/mol. The molecule has 17 nitrogen and oxygen atoms in total. The van der Waals surface area contributed by atoms with Gasteiger partial charge in [-0.15, -0.1) is 5.10 Å². The van der Waals surface area contributed by atoms with E-state index in [0.717, 1.165) is 13.0 Å². The van der Waals surface area contributed by atoms with Gasteiger partial charge in [-0.25, -0.2) is 23.6 Å². The van der Waals surface area contributed by atoms with E-state index in [1.54, 1.807) is 48.7 Å². The number of aliphatic hydroxyl groups is 1. The predicted molar refractivity (Wildman–Crippen MR) is 209 cm³/mol. The van der Waals surface area contributed by atoms with Crippen molar-refractivity contribution in [2.24, 2.45) is 17.8 Å². The lowest BCUT2D eigenvalue weighted by Crippen LogP contribution is -2.61. The maximum Gasteiger partial charge on any atom is 0.411 e. The van der Waals surface area contributed by atoms with E-state index in [1.807, 2.05) is 4.90 Å². The number of alkyl halides is 1. The summed E-state index contributed by atoms with van der Waals surface area (Å²) in [5.74, 6) is -1.71. The number of cyclic esters (lactones) is 1. The summed E-state index contributed by atoms with van der Waals surface area (Å²) < 4.78 is 75.6. The van der Waals surface area contributed by atoms with Crippen molar-refractivity contribution in [1.82, 2.24) is 34.8 Å². The first-order chi connectivity index (χ1) is 28.5. The van der Waals surface area contributed by atoms with E-state index in [9.17, 15) is 33.1 Å². The Morgan fingerprint density at radius 1 is 1.02 bits per heavy atom. The van der Waals surface area contributed by atoms with E-state index >= 15 is 4.39 Å². The number of ketones is 2. The van der Waals surface area contributed by atoms with Crippen LogP contribution in [-0.2, 0) is 44.6 Å². The highest BCUT2D eigenvalue weighted by atomic mass is 19.1. The maximum absolute atomic E-state index is 16.9. The normalized spacial score (nSPS) is 36.5. The van der Waals surface area contributed by atoms with E-state index in [4.69, 9.17) is 23.7 Å². The van der Waals surface area contributed by atoms with Crippen molar-refractivity contribution in [2.45, 2.75) is 141 Å². The minimum atomic E-state index is -3.25. The zero-order chi connectivity index (χ0) is 45.4. The molecule has 2 aromatic rings. The Morgan fingerprint density at radius 2 is 1.69 bits per heavy atom. The minimum Gasteiger partial charge on any atom is -0.455 e. The van der Waals surface area contributed by atoms with Crippen molar-refractivity contribution in [2.75, 3.05) is 27.7 Å². The summed E-state index contributed by atoms with van der Waals surface area (Å²) in [4.78, 5) is 66.0. The number of nitrogens with zero attached hydrogens (tertiary/aromatic N) is 7. The van der Waals surface area contributed by atoms with Gasteiger partial charge in [-0.2, -0.15) is 13.8 Å². The Balaban J connectivity index is 1.49. The van der Waals surface area contributed by atoms with E-state index in [1.165, 1.54) is 36.7 Å². The summed E-state index contributed by atoms with van der Waals surface area (Å²) in [5.41, 5.74) is -6.59. The highest BCUT2D eigenvalue weighted by Crippen LogP contribution is 2.43. The van der Waals surface area contributed by atoms with Crippen LogP contribution in [0.4, 0.5) is 18.0 Å². The quantitative estimate of drug-likeness (QED) is 0.133. The molecule has 5 heterocycles. The molecule has 336 valence electrons. The molecular weight excluding hydrogens is 807 g/mol. The molecule has 20 heteroatoms. The highest BCUT2D eigenvalue weighted by Gasteiger charge is 2.61. The number of rotatable bonds is 8. The smallest absolute Gasteiger partial charge is 0.411 e. The number of fused-ring (bicyclic) bond motifs is 1. The third-order valence-electron chi connectivity index (χ3n) is 12.3. The Kier molecular flexibility index (Phi) is 14.3. The number of halogens is 3. The van der Waals surface area contributed by atoms with Crippen LogP contribution in [0, 0.1) is 41.6 Å². The molecule has 3 unspecified atom stereocenters. The zero-order valence-corrected chi connectivity index (χ0v) is 36.3. The number of carbonyl (C=O) groups excluding carboxylic acids is 4. The van der Waals surface area contributed by atoms with Crippen LogP contribution in [0.15, 0.2) is 12.3 Å². The number of likely N-dealkylation sites (N-methyl/N-ethyl adjacent to an activating group) is 1. The van der Waals surface area contributed by atoms with Crippen molar-refractivity contribution >= 4 is 23.6 Å². The number of esters is 1. The summed E-state index contributed by atoms with van der Waals surface area (Å²) in [6.45, 7) is 11.6. The summed E-state index contributed by atoms with van der Waals surface area (Å²) in [6, 6.07) is -0.631. The number of amides is 1. The second-order valence-electron chi connectivity index (χ2n) is 17.0. The van der Waals surface area contributed by atoms with Gasteiger partial charge in [0.05, 0.1) is 36.6 Å². The zero-order valence-electron chi connectivity index (χ0n) is 36.3. The van der Waals surface area contributed by atoms with Gasteiger partial charge in [-0.1, -0.05) is 44.7 Å². The Bertz CT molecular complexity index is 2010. The van der Waals surface area contributed by atoms with Crippen molar-refractivity contribution < 1.29 is 61.1 Å². The molecule has 1 amide bonds. The van der Waals surface area contributed by atoms with Crippen molar-refractivity contribution in [3.63, 3.8) is 0 Å². The molecule has 3 aliphatic rings. The van der Waals surface area contributed by atoms with Crippen LogP contribution in [0.5, 0.6) is 0 Å². The fourth-order valence-corrected chi connectivity index (χ4v) is 8.94. The largest absolute Gasteiger partial charge is 0.455 e. The molecule has 0 bridgehead atoms. The lowest BCUT2D eigenvalue weighted by molar-refractivity contribution is -0.295. The van der Waals surface area contributed by atoms with Gasteiger partial charge in [0, 0.05) is 37.0 Å². The van der Waals surface area contributed by atoms with Gasteiger partial charge < -0.3 is 33.7 Å². The summed E-state index contributed by atoms with van der Waals surface area (Å²) in [5, 5.41) is 19.2. The van der Waals surface area contributed by atoms with Gasteiger partial charge in [-0.3, -0.25) is 14.5 Å². The van der Waals surface area contributed by atoms with Crippen LogP contribution in [0.25, 0.3) is 11.4 Å². The highest BCUT2D eigenvalue weighted by molar-refractivity contribution is 6.08. The number of carbonyl (C=O) groups is 4. The van der Waals surface area contributed by atoms with Crippen LogP contribution in [0.2, 0.25) is 0 Å². The number of Topliss-reactive ketones (excluding diaryl/α,β-unsaturated/α-hetero) is 2. The summed E-state index contributed by atoms with van der Waals surface area (Å²) in [6.07, 6.45) is -6.00. The number of methoxy groups -OCH3 is 1. The average Bonchev–Trinajstić information content (AvgIpc) is 3.77. The first kappa shape index (κ1) is 47.5. The minimum absolute atomic E-state index is 0.00773. The topological polar surface area (TPSA) is 198 Å². The summed E-state index contributed by atoms with van der Waals surface area (Å²) >= 11 is 0. The second-order valence-corrected chi connectivity index (χ2v) is 17.0. The predicted octanol–water partition coefficient (Wildman–Crippen LogP) is 3.31. The van der Waals surface area contributed by atoms with Crippen LogP contribution < -0.4 is 0 Å². The molecule has 13 atom stereocenters. The van der Waals surface area contributed by atoms with E-state index < -0.39 is 101 Å². The fourth-order valence-electron chi connectivity index (χ4n) is 8.94. The van der Waals surface area contributed by atoms with Crippen LogP contribution in [0.1, 0.15) is 74.7 Å². The van der Waals surface area contributed by atoms with Gasteiger partial charge in [0.25, 0.3) is 5.67 Å². The fraction of sp³-hybridized carbons (Fsp3) is 0.707. The molecule has 1 N–H and O–H groups in total. The van der Waals surface area contributed by atoms with Gasteiger partial charge in [0.1, 0.15) is 35.9 Å². The lowest BCUT2D eigenvalue weighted by atomic mass is 9.73. The molecule has 0 saturated carbocycles. The molecule has 61 heavy (non-hydrogen) atoms. The van der Waals surface area contributed by atoms with Gasteiger partial charge in [-0.05, 0) is 61.1 Å². The number of aliphatic hydroxyl groups excluding tert-OH is 1. The molecule has 3 aliphatic heterocycles. The molecule has 0 spiro atoms. The third kappa shape index (κ3) is 9.60. The van der Waals surface area contributed by atoms with Gasteiger partial charge >= 0.3 is 18.1 Å². The first-order valence-electron chi connectivity index (χ1n) is 20.2. The monoisotopic (exact) mass is 863 g/mol. The lowest BCUT2D eigenvalue weighted by Gasteiger charge is -2.47. The van der Waals surface area contributed by atoms with E-state index in [-0.39, 0.29) is 49.2 Å². The Morgan fingerprint density at radius 3 is 2.31 bits per heavy atom. The standard InChI is InChI=1S/C41H56F3N7O10/c1-12-28-41(8)32(51(38(56)61-41)16-14-13-15-50-20-26(47-48-50)25-18-29(42)46-37(43)45-25)23(4)30(52)21(2)19-39(6,57-11)34(24(5)33(54)40(7,44)36(55)59-28)60-35-31(53)27(49(9)10)17-22(3)58-35/h18,20-24,27-28,31-32,34-35,53H,12,15-17,19H2,1-11H3/t21-,22?,23+,24+,27?,28-,31?,32-,34-,35+,39-,40+,41-/m1/s1. The second kappa shape index (κ2) is 18.4. The molecule has 0 radical (unpaired) electrons. The van der Waals surface area contributed by atoms with E-state index in [0.29, 0.717) is 6.42 Å².